The largest absolute Gasteiger partial charge is 0.456 e. The third kappa shape index (κ3) is 3.30. The molecule has 2 heterocycles. The van der Waals surface area contributed by atoms with Crippen LogP contribution in [0.15, 0.2) is 83.5 Å². The van der Waals surface area contributed by atoms with Crippen LogP contribution in [0.2, 0.25) is 0 Å². The topological polar surface area (TPSA) is 31.0 Å². The molecule has 2 aromatic heterocycles. The normalized spacial score (nSPS) is 12.1. The SMILES string of the molecule is Cc1c(-c2nccn2-c2c(C(C)C)cccc2C(C)C)ccc2c1oc1ccc3ccccc3c12. The minimum Gasteiger partial charge on any atom is -0.456 e. The van der Waals surface area contributed by atoms with Crippen LogP contribution in [0.25, 0.3) is 49.8 Å². The van der Waals surface area contributed by atoms with E-state index in [2.05, 4.69) is 112 Å². The lowest BCUT2D eigenvalue weighted by Crippen LogP contribution is -2.08. The summed E-state index contributed by atoms with van der Waals surface area (Å²) in [6, 6.07) is 23.8. The Morgan fingerprint density at radius 1 is 0.771 bits per heavy atom. The van der Waals surface area contributed by atoms with Crippen molar-refractivity contribution in [3.05, 3.63) is 95.8 Å². The molecule has 0 spiro atoms. The van der Waals surface area contributed by atoms with Crippen LogP contribution in [-0.4, -0.2) is 9.55 Å². The second-order valence-corrected chi connectivity index (χ2v) is 10.1. The monoisotopic (exact) mass is 458 g/mol. The van der Waals surface area contributed by atoms with Crippen LogP contribution in [0, 0.1) is 6.92 Å². The van der Waals surface area contributed by atoms with Gasteiger partial charge in [0.15, 0.2) is 0 Å². The summed E-state index contributed by atoms with van der Waals surface area (Å²) >= 11 is 0. The molecule has 0 atom stereocenters. The third-order valence-electron chi connectivity index (χ3n) is 7.24. The molecule has 0 aliphatic heterocycles. The molecule has 0 bridgehead atoms. The molecule has 3 nitrogen and oxygen atoms in total. The van der Waals surface area contributed by atoms with Gasteiger partial charge in [0, 0.05) is 34.3 Å². The Labute approximate surface area is 206 Å². The number of imidazole rings is 1. The van der Waals surface area contributed by atoms with Gasteiger partial charge in [0.2, 0.25) is 0 Å². The van der Waals surface area contributed by atoms with Gasteiger partial charge in [-0.15, -0.1) is 0 Å². The fraction of sp³-hybridized carbons (Fsp3) is 0.219. The molecule has 0 unspecified atom stereocenters. The van der Waals surface area contributed by atoms with Crippen molar-refractivity contribution in [2.45, 2.75) is 46.5 Å². The molecule has 0 aliphatic rings. The number of hydrogen-bond donors (Lipinski definition) is 0. The van der Waals surface area contributed by atoms with Crippen LogP contribution in [0.1, 0.15) is 56.2 Å². The Bertz CT molecular complexity index is 1690. The Kier molecular flexibility index (Phi) is 5.03. The van der Waals surface area contributed by atoms with E-state index >= 15 is 0 Å². The van der Waals surface area contributed by atoms with Crippen LogP contribution in [0.5, 0.6) is 0 Å². The maximum absolute atomic E-state index is 6.46. The molecule has 0 saturated heterocycles. The number of nitrogens with zero attached hydrogens (tertiary/aromatic N) is 2. The summed E-state index contributed by atoms with van der Waals surface area (Å²) in [4.78, 5) is 4.86. The first-order valence-electron chi connectivity index (χ1n) is 12.5. The van der Waals surface area contributed by atoms with Gasteiger partial charge in [0.05, 0.1) is 5.69 Å². The molecule has 4 aromatic carbocycles. The quantitative estimate of drug-likeness (QED) is 0.264. The Hall–Kier alpha value is -3.85. The van der Waals surface area contributed by atoms with E-state index in [9.17, 15) is 0 Å². The number of furan rings is 1. The molecule has 0 radical (unpaired) electrons. The van der Waals surface area contributed by atoms with Gasteiger partial charge >= 0.3 is 0 Å². The number of aromatic nitrogens is 2. The van der Waals surface area contributed by atoms with E-state index < -0.39 is 0 Å². The van der Waals surface area contributed by atoms with E-state index in [0.29, 0.717) is 11.8 Å². The molecule has 0 N–H and O–H groups in total. The lowest BCUT2D eigenvalue weighted by atomic mass is 9.92. The predicted molar refractivity (Wildman–Crippen MR) is 147 cm³/mol. The van der Waals surface area contributed by atoms with Crippen molar-refractivity contribution in [2.24, 2.45) is 0 Å². The van der Waals surface area contributed by atoms with Crippen molar-refractivity contribution >= 4 is 32.7 Å². The highest BCUT2D eigenvalue weighted by molar-refractivity contribution is 6.19. The molecule has 3 heteroatoms. The van der Waals surface area contributed by atoms with Gasteiger partial charge in [0.1, 0.15) is 17.0 Å². The van der Waals surface area contributed by atoms with Crippen LogP contribution >= 0.6 is 0 Å². The van der Waals surface area contributed by atoms with Crippen molar-refractivity contribution in [2.75, 3.05) is 0 Å². The van der Waals surface area contributed by atoms with Gasteiger partial charge < -0.3 is 4.42 Å². The molecular formula is C32H30N2O. The van der Waals surface area contributed by atoms with Gasteiger partial charge in [-0.05, 0) is 52.8 Å². The smallest absolute Gasteiger partial charge is 0.144 e. The number of hydrogen-bond acceptors (Lipinski definition) is 2. The van der Waals surface area contributed by atoms with Crippen molar-refractivity contribution < 1.29 is 4.42 Å². The number of para-hydroxylation sites is 1. The fourth-order valence-corrected chi connectivity index (χ4v) is 5.46. The maximum Gasteiger partial charge on any atom is 0.144 e. The van der Waals surface area contributed by atoms with E-state index in [-0.39, 0.29) is 0 Å². The van der Waals surface area contributed by atoms with E-state index in [4.69, 9.17) is 9.40 Å². The van der Waals surface area contributed by atoms with Gasteiger partial charge in [-0.3, -0.25) is 4.57 Å². The number of benzene rings is 4. The van der Waals surface area contributed by atoms with E-state index in [1.54, 1.807) is 0 Å². The minimum atomic E-state index is 0.409. The van der Waals surface area contributed by atoms with Crippen molar-refractivity contribution in [1.82, 2.24) is 9.55 Å². The van der Waals surface area contributed by atoms with E-state index in [0.717, 1.165) is 33.5 Å². The Morgan fingerprint density at radius 3 is 2.26 bits per heavy atom. The number of aryl methyl sites for hydroxylation is 1. The second-order valence-electron chi connectivity index (χ2n) is 10.1. The van der Waals surface area contributed by atoms with Gasteiger partial charge in [-0.2, -0.15) is 0 Å². The molecule has 6 aromatic rings. The molecule has 174 valence electrons. The minimum absolute atomic E-state index is 0.409. The second kappa shape index (κ2) is 8.13. The summed E-state index contributed by atoms with van der Waals surface area (Å²) in [5, 5.41) is 4.79. The highest BCUT2D eigenvalue weighted by Crippen LogP contribution is 2.40. The lowest BCUT2D eigenvalue weighted by molar-refractivity contribution is 0.666. The highest BCUT2D eigenvalue weighted by Gasteiger charge is 2.21. The summed E-state index contributed by atoms with van der Waals surface area (Å²) in [5.74, 6) is 1.77. The standard InChI is InChI=1S/C32H30N2O/c1-19(2)23-11-8-12-24(20(3)4)30(23)34-18-17-33-32(34)25-14-15-27-29-26-10-7-6-9-22(26)13-16-28(29)35-31(27)21(25)5/h6-20H,1-5H3. The summed E-state index contributed by atoms with van der Waals surface area (Å²) in [7, 11) is 0. The van der Waals surface area contributed by atoms with Crippen molar-refractivity contribution in [1.29, 1.82) is 0 Å². The Morgan fingerprint density at radius 2 is 1.51 bits per heavy atom. The summed E-state index contributed by atoms with van der Waals surface area (Å²) in [6.45, 7) is 11.2. The van der Waals surface area contributed by atoms with E-state index in [1.807, 2.05) is 6.20 Å². The van der Waals surface area contributed by atoms with Gasteiger partial charge in [-0.1, -0.05) is 82.3 Å². The average molecular weight is 459 g/mol. The molecule has 35 heavy (non-hydrogen) atoms. The molecule has 0 amide bonds. The third-order valence-corrected chi connectivity index (χ3v) is 7.24. The lowest BCUT2D eigenvalue weighted by Gasteiger charge is -2.22. The number of fused-ring (bicyclic) bond motifs is 5. The zero-order valence-corrected chi connectivity index (χ0v) is 21.0. The van der Waals surface area contributed by atoms with Crippen LogP contribution in [0.3, 0.4) is 0 Å². The zero-order chi connectivity index (χ0) is 24.3. The first-order chi connectivity index (χ1) is 17.0. The molecular weight excluding hydrogens is 428 g/mol. The van der Waals surface area contributed by atoms with Gasteiger partial charge in [-0.25, -0.2) is 4.98 Å². The first-order valence-corrected chi connectivity index (χ1v) is 12.5. The molecule has 0 fully saturated rings. The summed E-state index contributed by atoms with van der Waals surface area (Å²) in [6.07, 6.45) is 4.00. The molecule has 0 aliphatic carbocycles. The van der Waals surface area contributed by atoms with Crippen molar-refractivity contribution in [3.8, 4) is 17.1 Å². The number of rotatable bonds is 4. The fourth-order valence-electron chi connectivity index (χ4n) is 5.46. The Balaban J connectivity index is 1.61. The summed E-state index contributed by atoms with van der Waals surface area (Å²) in [5.41, 5.74) is 8.00. The maximum atomic E-state index is 6.46. The average Bonchev–Trinajstić information content (AvgIpc) is 3.49. The highest BCUT2D eigenvalue weighted by atomic mass is 16.3. The summed E-state index contributed by atoms with van der Waals surface area (Å²) < 4.78 is 8.74. The zero-order valence-electron chi connectivity index (χ0n) is 21.0. The first kappa shape index (κ1) is 21.7. The van der Waals surface area contributed by atoms with Gasteiger partial charge in [0.25, 0.3) is 0 Å². The molecule has 0 saturated carbocycles. The van der Waals surface area contributed by atoms with Crippen LogP contribution < -0.4 is 0 Å². The predicted octanol–water partition coefficient (Wildman–Crippen LogP) is 9.15. The van der Waals surface area contributed by atoms with Crippen LogP contribution in [0.4, 0.5) is 0 Å². The van der Waals surface area contributed by atoms with Crippen molar-refractivity contribution in [3.63, 3.8) is 0 Å². The molecule has 6 rings (SSSR count). The van der Waals surface area contributed by atoms with Crippen LogP contribution in [-0.2, 0) is 0 Å². The van der Waals surface area contributed by atoms with E-state index in [1.165, 1.54) is 33.0 Å².